The number of non-ortho nitro benzene ring substituents is 1. The second-order valence-electron chi connectivity index (χ2n) is 8.04. The zero-order valence-corrected chi connectivity index (χ0v) is 17.8. The van der Waals surface area contributed by atoms with Crippen LogP contribution in [0.25, 0.3) is 0 Å². The molecule has 2 atom stereocenters. The number of hydrogen-bond acceptors (Lipinski definition) is 5. The van der Waals surface area contributed by atoms with E-state index in [1.807, 2.05) is 54.6 Å². The van der Waals surface area contributed by atoms with E-state index in [-0.39, 0.29) is 17.4 Å². The molecule has 0 saturated carbocycles. The molecule has 0 aromatic heterocycles. The SMILES string of the molecule is O=C1CC(c2ccccc2)CC2=C1C(c1cc([N+](=O)[O-])ccc1Cl)Nc1ccccc1N2. The summed E-state index contributed by atoms with van der Waals surface area (Å²) in [7, 11) is 0. The predicted octanol–water partition coefficient (Wildman–Crippen LogP) is 6.23. The number of nitrogens with one attached hydrogen (secondary N) is 2. The topological polar surface area (TPSA) is 84.3 Å². The maximum atomic E-state index is 13.5. The van der Waals surface area contributed by atoms with Crippen LogP contribution in [-0.4, -0.2) is 10.7 Å². The van der Waals surface area contributed by atoms with Crippen molar-refractivity contribution in [3.63, 3.8) is 0 Å². The van der Waals surface area contributed by atoms with Gasteiger partial charge in [0, 0.05) is 40.4 Å². The predicted molar refractivity (Wildman–Crippen MR) is 125 cm³/mol. The molecule has 2 aliphatic rings. The number of carbonyl (C=O) groups is 1. The summed E-state index contributed by atoms with van der Waals surface area (Å²) in [5.41, 5.74) is 4.62. The number of fused-ring (bicyclic) bond motifs is 1. The molecule has 3 aromatic carbocycles. The van der Waals surface area contributed by atoms with Gasteiger partial charge in [0.2, 0.25) is 0 Å². The molecule has 0 bridgehead atoms. The summed E-state index contributed by atoms with van der Waals surface area (Å²) in [6.45, 7) is 0. The van der Waals surface area contributed by atoms with Crippen molar-refractivity contribution < 1.29 is 9.72 Å². The Bertz CT molecular complexity index is 1260. The van der Waals surface area contributed by atoms with Gasteiger partial charge in [-0.25, -0.2) is 0 Å². The Morgan fingerprint density at radius 1 is 0.938 bits per heavy atom. The molecule has 0 amide bonds. The Balaban J connectivity index is 1.66. The molecule has 2 N–H and O–H groups in total. The van der Waals surface area contributed by atoms with Crippen molar-refractivity contribution in [3.8, 4) is 0 Å². The number of carbonyl (C=O) groups excluding carboxylic acids is 1. The van der Waals surface area contributed by atoms with Crippen LogP contribution >= 0.6 is 11.6 Å². The number of anilines is 2. The smallest absolute Gasteiger partial charge is 0.269 e. The number of ketones is 1. The minimum Gasteiger partial charge on any atom is -0.372 e. The quantitative estimate of drug-likeness (QED) is 0.369. The van der Waals surface area contributed by atoms with Gasteiger partial charge >= 0.3 is 0 Å². The fraction of sp³-hybridized carbons (Fsp3) is 0.160. The van der Waals surface area contributed by atoms with Crippen molar-refractivity contribution in [3.05, 3.63) is 110 Å². The molecule has 5 rings (SSSR count). The van der Waals surface area contributed by atoms with Crippen LogP contribution in [0.4, 0.5) is 17.1 Å². The lowest BCUT2D eigenvalue weighted by atomic mass is 9.78. The van der Waals surface area contributed by atoms with E-state index < -0.39 is 11.0 Å². The molecular formula is C25H20ClN3O3. The molecule has 7 heteroatoms. The number of rotatable bonds is 3. The van der Waals surface area contributed by atoms with Crippen molar-refractivity contribution >= 4 is 34.4 Å². The van der Waals surface area contributed by atoms with E-state index in [0.717, 1.165) is 22.6 Å². The summed E-state index contributed by atoms with van der Waals surface area (Å²) in [6.07, 6.45) is 1.02. The second-order valence-corrected chi connectivity index (χ2v) is 8.45. The number of benzene rings is 3. The fourth-order valence-corrected chi connectivity index (χ4v) is 4.78. The Morgan fingerprint density at radius 3 is 2.41 bits per heavy atom. The molecular weight excluding hydrogens is 426 g/mol. The van der Waals surface area contributed by atoms with Gasteiger partial charge in [-0.1, -0.05) is 54.1 Å². The summed E-state index contributed by atoms with van der Waals surface area (Å²) in [6, 6.07) is 21.4. The Labute approximate surface area is 190 Å². The largest absolute Gasteiger partial charge is 0.372 e. The lowest BCUT2D eigenvalue weighted by Crippen LogP contribution is -2.27. The molecule has 160 valence electrons. The van der Waals surface area contributed by atoms with Crippen molar-refractivity contribution in [2.75, 3.05) is 10.6 Å². The van der Waals surface area contributed by atoms with Gasteiger partial charge in [0.15, 0.2) is 5.78 Å². The van der Waals surface area contributed by atoms with E-state index in [1.54, 1.807) is 0 Å². The third-order valence-corrected chi connectivity index (χ3v) is 6.43. The van der Waals surface area contributed by atoms with Gasteiger partial charge in [-0.05, 0) is 36.1 Å². The standard InChI is InChI=1S/C25H20ClN3O3/c26-19-11-10-17(29(31)32)14-18(19)25-24-22(27-20-8-4-5-9-21(20)28-25)12-16(13-23(24)30)15-6-2-1-3-7-15/h1-11,14,16,25,27-28H,12-13H2. The molecule has 1 aliphatic heterocycles. The van der Waals surface area contributed by atoms with Crippen LogP contribution in [0, 0.1) is 10.1 Å². The highest BCUT2D eigenvalue weighted by atomic mass is 35.5. The number of para-hydroxylation sites is 2. The van der Waals surface area contributed by atoms with Crippen LogP contribution in [0.1, 0.15) is 35.9 Å². The zero-order valence-electron chi connectivity index (χ0n) is 17.0. The number of nitrogens with zero attached hydrogens (tertiary/aromatic N) is 1. The lowest BCUT2D eigenvalue weighted by molar-refractivity contribution is -0.384. The third kappa shape index (κ3) is 3.63. The monoisotopic (exact) mass is 445 g/mol. The normalized spacial score (nSPS) is 19.8. The highest BCUT2D eigenvalue weighted by Gasteiger charge is 2.37. The van der Waals surface area contributed by atoms with E-state index in [1.165, 1.54) is 18.2 Å². The number of allylic oxidation sites excluding steroid dienone is 1. The van der Waals surface area contributed by atoms with Crippen LogP contribution in [0.2, 0.25) is 5.02 Å². The molecule has 0 radical (unpaired) electrons. The van der Waals surface area contributed by atoms with Crippen LogP contribution in [0.5, 0.6) is 0 Å². The van der Waals surface area contributed by atoms with Crippen molar-refractivity contribution in [2.24, 2.45) is 0 Å². The average molecular weight is 446 g/mol. The first-order valence-electron chi connectivity index (χ1n) is 10.4. The number of Topliss-reactive ketones (excluding diaryl/α,β-unsaturated/α-hetero) is 1. The first kappa shape index (κ1) is 20.3. The lowest BCUT2D eigenvalue weighted by Gasteiger charge is -2.30. The molecule has 1 aliphatic carbocycles. The molecule has 0 fully saturated rings. The number of halogens is 1. The maximum Gasteiger partial charge on any atom is 0.269 e. The molecule has 2 unspecified atom stereocenters. The van der Waals surface area contributed by atoms with Gasteiger partial charge in [-0.15, -0.1) is 0 Å². The Kier molecular flexibility index (Phi) is 5.15. The second kappa shape index (κ2) is 8.13. The summed E-state index contributed by atoms with van der Waals surface area (Å²) in [5.74, 6) is 0.0573. The highest BCUT2D eigenvalue weighted by Crippen LogP contribution is 2.45. The summed E-state index contributed by atoms with van der Waals surface area (Å²) in [5, 5.41) is 18.7. The first-order chi connectivity index (χ1) is 15.5. The first-order valence-corrected chi connectivity index (χ1v) is 10.8. The zero-order chi connectivity index (χ0) is 22.2. The molecule has 3 aromatic rings. The summed E-state index contributed by atoms with van der Waals surface area (Å²) >= 11 is 6.50. The molecule has 6 nitrogen and oxygen atoms in total. The number of hydrogen-bond donors (Lipinski definition) is 2. The Morgan fingerprint density at radius 2 is 1.66 bits per heavy atom. The van der Waals surface area contributed by atoms with Gasteiger partial charge in [0.1, 0.15) is 0 Å². The Hall–Kier alpha value is -3.64. The van der Waals surface area contributed by atoms with Crippen molar-refractivity contribution in [1.29, 1.82) is 0 Å². The van der Waals surface area contributed by atoms with E-state index in [9.17, 15) is 14.9 Å². The van der Waals surface area contributed by atoms with Gasteiger partial charge in [-0.3, -0.25) is 14.9 Å². The van der Waals surface area contributed by atoms with Crippen molar-refractivity contribution in [2.45, 2.75) is 24.8 Å². The summed E-state index contributed by atoms with van der Waals surface area (Å²) in [4.78, 5) is 24.5. The number of nitro groups is 1. The highest BCUT2D eigenvalue weighted by molar-refractivity contribution is 6.31. The molecule has 0 saturated heterocycles. The van der Waals surface area contributed by atoms with Crippen LogP contribution in [0.3, 0.4) is 0 Å². The van der Waals surface area contributed by atoms with Gasteiger partial charge in [-0.2, -0.15) is 0 Å². The van der Waals surface area contributed by atoms with Gasteiger partial charge in [0.05, 0.1) is 22.3 Å². The minimum atomic E-state index is -0.599. The van der Waals surface area contributed by atoms with E-state index >= 15 is 0 Å². The van der Waals surface area contributed by atoms with E-state index in [2.05, 4.69) is 10.6 Å². The maximum absolute atomic E-state index is 13.5. The van der Waals surface area contributed by atoms with Crippen LogP contribution < -0.4 is 10.6 Å². The van der Waals surface area contributed by atoms with Gasteiger partial charge in [0.25, 0.3) is 5.69 Å². The molecule has 1 heterocycles. The average Bonchev–Trinajstić information content (AvgIpc) is 2.96. The number of nitro benzene ring substituents is 1. The van der Waals surface area contributed by atoms with Crippen molar-refractivity contribution in [1.82, 2.24) is 0 Å². The fourth-order valence-electron chi connectivity index (χ4n) is 4.55. The van der Waals surface area contributed by atoms with E-state index in [4.69, 9.17) is 11.6 Å². The molecule has 32 heavy (non-hydrogen) atoms. The third-order valence-electron chi connectivity index (χ3n) is 6.08. The van der Waals surface area contributed by atoms with Crippen LogP contribution in [-0.2, 0) is 4.79 Å². The molecule has 0 spiro atoms. The van der Waals surface area contributed by atoms with E-state index in [0.29, 0.717) is 29.0 Å². The van der Waals surface area contributed by atoms with Gasteiger partial charge < -0.3 is 10.6 Å². The minimum absolute atomic E-state index is 0.000446. The van der Waals surface area contributed by atoms with Crippen LogP contribution in [0.15, 0.2) is 84.1 Å². The summed E-state index contributed by atoms with van der Waals surface area (Å²) < 4.78 is 0.